The average Bonchev–Trinajstić information content (AvgIpc) is 2.83. The summed E-state index contributed by atoms with van der Waals surface area (Å²) in [6.07, 6.45) is 4.95. The molecule has 0 atom stereocenters. The van der Waals surface area contributed by atoms with Crippen LogP contribution >= 0.6 is 15.9 Å². The summed E-state index contributed by atoms with van der Waals surface area (Å²) in [4.78, 5) is 20.8. The van der Waals surface area contributed by atoms with E-state index in [1.807, 2.05) is 24.3 Å². The minimum absolute atomic E-state index is 0.324. The van der Waals surface area contributed by atoms with Crippen molar-refractivity contribution in [3.63, 3.8) is 0 Å². The van der Waals surface area contributed by atoms with E-state index < -0.39 is 0 Å². The van der Waals surface area contributed by atoms with Crippen LogP contribution in [0.15, 0.2) is 52.3 Å². The highest BCUT2D eigenvalue weighted by Crippen LogP contribution is 2.16. The highest BCUT2D eigenvalue weighted by Gasteiger charge is 2.16. The van der Waals surface area contributed by atoms with Crippen molar-refractivity contribution in [1.29, 1.82) is 0 Å². The maximum absolute atomic E-state index is 12.3. The van der Waals surface area contributed by atoms with Gasteiger partial charge in [0.2, 0.25) is 0 Å². The molecule has 0 radical (unpaired) electrons. The number of aryl methyl sites for hydroxylation is 1. The van der Waals surface area contributed by atoms with Gasteiger partial charge < -0.3 is 0 Å². The second-order valence-corrected chi connectivity index (χ2v) is 5.49. The van der Waals surface area contributed by atoms with E-state index in [0.717, 1.165) is 4.47 Å². The Hall–Kier alpha value is -2.54. The zero-order chi connectivity index (χ0) is 15.5. The van der Waals surface area contributed by atoms with Crippen LogP contribution in [0.3, 0.4) is 0 Å². The first kappa shape index (κ1) is 14.4. The van der Waals surface area contributed by atoms with E-state index in [1.54, 1.807) is 29.8 Å². The molecule has 0 fully saturated rings. The third-order valence-corrected chi connectivity index (χ3v) is 3.49. The molecule has 1 N–H and O–H groups in total. The zero-order valence-electron chi connectivity index (χ0n) is 11.7. The Bertz CT molecular complexity index is 857. The molecular weight excluding hydrogens is 346 g/mol. The van der Waals surface area contributed by atoms with Crippen molar-refractivity contribution in [2.24, 2.45) is 5.10 Å². The smallest absolute Gasteiger partial charge is 0.290 e. The number of hydrazone groups is 1. The maximum Gasteiger partial charge on any atom is 0.290 e. The Balaban J connectivity index is 1.85. The zero-order valence-corrected chi connectivity index (χ0v) is 13.3. The van der Waals surface area contributed by atoms with E-state index in [0.29, 0.717) is 22.7 Å². The molecule has 0 aromatic carbocycles. The number of fused-ring (bicyclic) bond motifs is 1. The van der Waals surface area contributed by atoms with Crippen LogP contribution in [0, 0.1) is 6.92 Å². The first-order valence-corrected chi connectivity index (χ1v) is 7.33. The molecule has 3 aromatic rings. The van der Waals surface area contributed by atoms with Crippen molar-refractivity contribution >= 4 is 33.7 Å². The lowest BCUT2D eigenvalue weighted by Crippen LogP contribution is -2.20. The van der Waals surface area contributed by atoms with Crippen molar-refractivity contribution in [3.05, 3.63) is 64.3 Å². The van der Waals surface area contributed by atoms with Gasteiger partial charge in [0.1, 0.15) is 11.3 Å². The Morgan fingerprint density at radius 3 is 3.00 bits per heavy atom. The molecule has 22 heavy (non-hydrogen) atoms. The summed E-state index contributed by atoms with van der Waals surface area (Å²) in [6, 6.07) is 9.18. The van der Waals surface area contributed by atoms with Gasteiger partial charge in [-0.25, -0.2) is 10.4 Å². The van der Waals surface area contributed by atoms with Gasteiger partial charge >= 0.3 is 0 Å². The molecule has 3 rings (SSSR count). The molecule has 110 valence electrons. The molecule has 0 unspecified atom stereocenters. The highest BCUT2D eigenvalue weighted by atomic mass is 79.9. The number of carbonyl (C=O) groups excluding carboxylic acids is 1. The topological polar surface area (TPSA) is 71.7 Å². The van der Waals surface area contributed by atoms with Crippen molar-refractivity contribution in [3.8, 4) is 0 Å². The van der Waals surface area contributed by atoms with Crippen molar-refractivity contribution < 1.29 is 4.79 Å². The van der Waals surface area contributed by atoms with Crippen LogP contribution in [0.5, 0.6) is 0 Å². The van der Waals surface area contributed by atoms with E-state index in [1.165, 1.54) is 6.21 Å². The molecule has 3 aromatic heterocycles. The molecule has 0 aliphatic carbocycles. The summed E-state index contributed by atoms with van der Waals surface area (Å²) >= 11 is 3.39. The summed E-state index contributed by atoms with van der Waals surface area (Å²) in [6.45, 7) is 1.79. The van der Waals surface area contributed by atoms with Crippen LogP contribution in [0.2, 0.25) is 0 Å². The molecule has 3 heterocycles. The van der Waals surface area contributed by atoms with Crippen LogP contribution in [-0.2, 0) is 0 Å². The predicted molar refractivity (Wildman–Crippen MR) is 86.9 cm³/mol. The van der Waals surface area contributed by atoms with Gasteiger partial charge in [0.05, 0.1) is 17.6 Å². The van der Waals surface area contributed by atoms with E-state index in [4.69, 9.17) is 0 Å². The van der Waals surface area contributed by atoms with E-state index in [9.17, 15) is 4.79 Å². The van der Waals surface area contributed by atoms with Crippen molar-refractivity contribution in [2.75, 3.05) is 0 Å². The highest BCUT2D eigenvalue weighted by molar-refractivity contribution is 9.10. The van der Waals surface area contributed by atoms with E-state index in [-0.39, 0.29) is 5.91 Å². The first-order chi connectivity index (χ1) is 10.6. The largest absolute Gasteiger partial charge is 0.294 e. The number of hydrogen-bond acceptors (Lipinski definition) is 4. The molecule has 6 nitrogen and oxygen atoms in total. The normalized spacial score (nSPS) is 11.2. The fraction of sp³-hybridized carbons (Fsp3) is 0.0667. The van der Waals surface area contributed by atoms with Gasteiger partial charge in [0, 0.05) is 16.9 Å². The number of amides is 1. The predicted octanol–water partition coefficient (Wildman–Crippen LogP) is 2.56. The number of pyridine rings is 2. The van der Waals surface area contributed by atoms with Gasteiger partial charge in [-0.3, -0.25) is 14.2 Å². The third-order valence-electron chi connectivity index (χ3n) is 3.02. The molecule has 0 aliphatic rings. The van der Waals surface area contributed by atoms with Gasteiger partial charge in [-0.2, -0.15) is 5.10 Å². The standard InChI is InChI=1S/C15H12BrN5O/c1-10-14(21-9-11(16)5-6-13(21)19-10)15(22)20-18-8-12-4-2-3-7-17-12/h2-9H,1H3,(H,20,22)/b18-8-. The third kappa shape index (κ3) is 2.89. The number of rotatable bonds is 3. The van der Waals surface area contributed by atoms with Gasteiger partial charge in [0.25, 0.3) is 5.91 Å². The number of nitrogens with one attached hydrogen (secondary N) is 1. The Kier molecular flexibility index (Phi) is 3.97. The summed E-state index contributed by atoms with van der Waals surface area (Å²) in [5.41, 5.74) is 4.97. The number of hydrogen-bond donors (Lipinski definition) is 1. The second kappa shape index (κ2) is 6.07. The molecule has 0 saturated carbocycles. The van der Waals surface area contributed by atoms with Crippen LogP contribution < -0.4 is 5.43 Å². The molecule has 0 aliphatic heterocycles. The summed E-state index contributed by atoms with van der Waals surface area (Å²) in [5.74, 6) is -0.324. The molecule has 0 spiro atoms. The van der Waals surface area contributed by atoms with Gasteiger partial charge in [-0.1, -0.05) is 6.07 Å². The van der Waals surface area contributed by atoms with E-state index >= 15 is 0 Å². The monoisotopic (exact) mass is 357 g/mol. The number of carbonyl (C=O) groups is 1. The summed E-state index contributed by atoms with van der Waals surface area (Å²) in [5, 5.41) is 3.93. The van der Waals surface area contributed by atoms with Gasteiger partial charge in [0.15, 0.2) is 0 Å². The van der Waals surface area contributed by atoms with Gasteiger partial charge in [-0.05, 0) is 47.1 Å². The number of nitrogens with zero attached hydrogens (tertiary/aromatic N) is 4. The summed E-state index contributed by atoms with van der Waals surface area (Å²) < 4.78 is 2.59. The SMILES string of the molecule is Cc1nc2ccc(Br)cn2c1C(=O)N/N=C\c1ccccn1. The van der Waals surface area contributed by atoms with Crippen LogP contribution in [0.1, 0.15) is 21.9 Å². The van der Waals surface area contributed by atoms with Crippen LogP contribution in [0.4, 0.5) is 0 Å². The lowest BCUT2D eigenvalue weighted by Gasteiger charge is -2.02. The van der Waals surface area contributed by atoms with E-state index in [2.05, 4.69) is 36.4 Å². The van der Waals surface area contributed by atoms with Crippen LogP contribution in [-0.4, -0.2) is 26.5 Å². The number of halogens is 1. The fourth-order valence-corrected chi connectivity index (χ4v) is 2.41. The number of imidazole rings is 1. The first-order valence-electron chi connectivity index (χ1n) is 6.54. The maximum atomic E-state index is 12.3. The molecule has 7 heteroatoms. The quantitative estimate of drug-likeness (QED) is 0.578. The average molecular weight is 358 g/mol. The fourth-order valence-electron chi connectivity index (χ4n) is 2.07. The lowest BCUT2D eigenvalue weighted by molar-refractivity contribution is 0.0948. The Morgan fingerprint density at radius 1 is 1.36 bits per heavy atom. The molecule has 1 amide bonds. The van der Waals surface area contributed by atoms with Crippen molar-refractivity contribution in [2.45, 2.75) is 6.92 Å². The van der Waals surface area contributed by atoms with Crippen LogP contribution in [0.25, 0.3) is 5.65 Å². The van der Waals surface area contributed by atoms with Crippen molar-refractivity contribution in [1.82, 2.24) is 19.8 Å². The molecular formula is C15H12BrN5O. The summed E-state index contributed by atoms with van der Waals surface area (Å²) in [7, 11) is 0. The molecule has 0 bridgehead atoms. The molecule has 0 saturated heterocycles. The Morgan fingerprint density at radius 2 is 2.23 bits per heavy atom. The Labute approximate surface area is 135 Å². The second-order valence-electron chi connectivity index (χ2n) is 4.58. The van der Waals surface area contributed by atoms with Gasteiger partial charge in [-0.15, -0.1) is 0 Å². The number of aromatic nitrogens is 3. The lowest BCUT2D eigenvalue weighted by atomic mass is 10.3. The minimum atomic E-state index is -0.324. The minimum Gasteiger partial charge on any atom is -0.294 e.